The first-order valence-corrected chi connectivity index (χ1v) is 5.48. The molecule has 3 rings (SSSR count). The number of rotatable bonds is 2. The lowest BCUT2D eigenvalue weighted by Crippen LogP contribution is -2.01. The van der Waals surface area contributed by atoms with Crippen LogP contribution in [-0.4, -0.2) is 6.54 Å². The van der Waals surface area contributed by atoms with Crippen LogP contribution in [0.2, 0.25) is 0 Å². The van der Waals surface area contributed by atoms with Crippen molar-refractivity contribution in [2.75, 3.05) is 6.54 Å². The Balaban J connectivity index is 2.42. The maximum absolute atomic E-state index is 5.61. The molecule has 1 heterocycles. The van der Waals surface area contributed by atoms with Crippen molar-refractivity contribution in [3.8, 4) is 0 Å². The second-order valence-electron chi connectivity index (χ2n) is 3.96. The smallest absolute Gasteiger partial charge is 0.134 e. The van der Waals surface area contributed by atoms with E-state index in [9.17, 15) is 0 Å². The van der Waals surface area contributed by atoms with E-state index in [0.717, 1.165) is 12.0 Å². The number of furan rings is 1. The minimum atomic E-state index is 0.651. The summed E-state index contributed by atoms with van der Waals surface area (Å²) in [7, 11) is 0. The molecule has 16 heavy (non-hydrogen) atoms. The highest BCUT2D eigenvalue weighted by atomic mass is 16.3. The van der Waals surface area contributed by atoms with Crippen LogP contribution in [0.5, 0.6) is 0 Å². The normalized spacial score (nSPS) is 11.3. The van der Waals surface area contributed by atoms with Crippen LogP contribution in [0.1, 0.15) is 5.56 Å². The first kappa shape index (κ1) is 9.43. The summed E-state index contributed by atoms with van der Waals surface area (Å²) >= 11 is 0. The predicted molar refractivity (Wildman–Crippen MR) is 66.5 cm³/mol. The monoisotopic (exact) mass is 211 g/mol. The summed E-state index contributed by atoms with van der Waals surface area (Å²) in [5.74, 6) is 0. The van der Waals surface area contributed by atoms with Gasteiger partial charge in [-0.2, -0.15) is 0 Å². The lowest BCUT2D eigenvalue weighted by atomic mass is 10.0. The van der Waals surface area contributed by atoms with E-state index < -0.39 is 0 Å². The quantitative estimate of drug-likeness (QED) is 0.707. The Labute approximate surface area is 93.7 Å². The van der Waals surface area contributed by atoms with E-state index in [2.05, 4.69) is 30.3 Å². The van der Waals surface area contributed by atoms with E-state index in [1.807, 2.05) is 12.3 Å². The standard InChI is InChI=1S/C14H13NO/c15-8-7-11-9-16-13-6-5-10-3-1-2-4-12(10)14(11)13/h1-6,9H,7-8,15H2. The van der Waals surface area contributed by atoms with Gasteiger partial charge in [0.1, 0.15) is 5.58 Å². The molecule has 0 saturated carbocycles. The molecule has 0 saturated heterocycles. The highest BCUT2D eigenvalue weighted by molar-refractivity contribution is 6.07. The molecule has 0 radical (unpaired) electrons. The van der Waals surface area contributed by atoms with Crippen LogP contribution < -0.4 is 5.73 Å². The molecule has 2 N–H and O–H groups in total. The molecule has 0 atom stereocenters. The molecule has 0 aliphatic rings. The Morgan fingerprint density at radius 3 is 2.81 bits per heavy atom. The Bertz CT molecular complexity index is 639. The van der Waals surface area contributed by atoms with Crippen molar-refractivity contribution in [2.45, 2.75) is 6.42 Å². The molecule has 1 aromatic heterocycles. The largest absolute Gasteiger partial charge is 0.464 e. The molecular weight excluding hydrogens is 198 g/mol. The van der Waals surface area contributed by atoms with E-state index in [1.54, 1.807) is 0 Å². The van der Waals surface area contributed by atoms with Gasteiger partial charge in [0.2, 0.25) is 0 Å². The topological polar surface area (TPSA) is 39.2 Å². The Hall–Kier alpha value is -1.80. The summed E-state index contributed by atoms with van der Waals surface area (Å²) in [4.78, 5) is 0. The van der Waals surface area contributed by atoms with Crippen LogP contribution in [0.4, 0.5) is 0 Å². The highest BCUT2D eigenvalue weighted by Gasteiger charge is 2.08. The van der Waals surface area contributed by atoms with E-state index in [1.165, 1.54) is 21.7 Å². The zero-order valence-electron chi connectivity index (χ0n) is 8.94. The zero-order valence-corrected chi connectivity index (χ0v) is 8.94. The van der Waals surface area contributed by atoms with E-state index >= 15 is 0 Å². The maximum Gasteiger partial charge on any atom is 0.134 e. The first-order chi connectivity index (χ1) is 7.90. The average Bonchev–Trinajstić information content (AvgIpc) is 2.73. The molecule has 0 unspecified atom stereocenters. The van der Waals surface area contributed by atoms with Gasteiger partial charge in [0.25, 0.3) is 0 Å². The van der Waals surface area contributed by atoms with Crippen LogP contribution in [0.25, 0.3) is 21.7 Å². The molecule has 2 heteroatoms. The van der Waals surface area contributed by atoms with Gasteiger partial charge >= 0.3 is 0 Å². The maximum atomic E-state index is 5.61. The fourth-order valence-electron chi connectivity index (χ4n) is 2.21. The Morgan fingerprint density at radius 1 is 1.06 bits per heavy atom. The summed E-state index contributed by atoms with van der Waals surface area (Å²) in [6.07, 6.45) is 2.69. The SMILES string of the molecule is NCCc1coc2ccc3ccccc3c12. The molecule has 0 fully saturated rings. The number of hydrogen-bond donors (Lipinski definition) is 1. The molecule has 2 nitrogen and oxygen atoms in total. The summed E-state index contributed by atoms with van der Waals surface area (Å²) < 4.78 is 5.55. The third-order valence-electron chi connectivity index (χ3n) is 2.95. The number of benzene rings is 2. The zero-order chi connectivity index (χ0) is 11.0. The number of fused-ring (bicyclic) bond motifs is 3. The van der Waals surface area contributed by atoms with Crippen LogP contribution in [0.3, 0.4) is 0 Å². The minimum Gasteiger partial charge on any atom is -0.464 e. The van der Waals surface area contributed by atoms with Crippen LogP contribution in [-0.2, 0) is 6.42 Å². The van der Waals surface area contributed by atoms with Gasteiger partial charge in [-0.25, -0.2) is 0 Å². The van der Waals surface area contributed by atoms with Crippen LogP contribution >= 0.6 is 0 Å². The number of nitrogens with two attached hydrogens (primary N) is 1. The van der Waals surface area contributed by atoms with Gasteiger partial charge in [0.05, 0.1) is 6.26 Å². The third kappa shape index (κ3) is 1.31. The average molecular weight is 211 g/mol. The number of hydrogen-bond acceptors (Lipinski definition) is 2. The molecule has 0 spiro atoms. The summed E-state index contributed by atoms with van der Waals surface area (Å²) in [6.45, 7) is 0.651. The predicted octanol–water partition coefficient (Wildman–Crippen LogP) is 3.09. The van der Waals surface area contributed by atoms with Crippen molar-refractivity contribution >= 4 is 21.7 Å². The van der Waals surface area contributed by atoms with Gasteiger partial charge in [-0.15, -0.1) is 0 Å². The molecule has 3 aromatic rings. The third-order valence-corrected chi connectivity index (χ3v) is 2.95. The van der Waals surface area contributed by atoms with Crippen molar-refractivity contribution in [1.29, 1.82) is 0 Å². The van der Waals surface area contributed by atoms with Crippen molar-refractivity contribution in [1.82, 2.24) is 0 Å². The second-order valence-corrected chi connectivity index (χ2v) is 3.96. The molecule has 2 aromatic carbocycles. The molecule has 0 aliphatic carbocycles. The summed E-state index contributed by atoms with van der Waals surface area (Å²) in [5.41, 5.74) is 7.76. The molecular formula is C14H13NO. The Kier molecular flexibility index (Phi) is 2.15. The highest BCUT2D eigenvalue weighted by Crippen LogP contribution is 2.29. The van der Waals surface area contributed by atoms with Crippen LogP contribution in [0.15, 0.2) is 47.1 Å². The second kappa shape index (κ2) is 3.65. The fourth-order valence-corrected chi connectivity index (χ4v) is 2.21. The first-order valence-electron chi connectivity index (χ1n) is 5.48. The molecule has 80 valence electrons. The molecule has 0 amide bonds. The van der Waals surface area contributed by atoms with E-state index in [0.29, 0.717) is 6.54 Å². The van der Waals surface area contributed by atoms with Crippen molar-refractivity contribution in [3.05, 3.63) is 48.2 Å². The summed E-state index contributed by atoms with van der Waals surface area (Å²) in [6, 6.07) is 12.5. The van der Waals surface area contributed by atoms with Gasteiger partial charge in [-0.3, -0.25) is 0 Å². The van der Waals surface area contributed by atoms with Gasteiger partial charge in [-0.1, -0.05) is 30.3 Å². The van der Waals surface area contributed by atoms with Crippen LogP contribution in [0, 0.1) is 0 Å². The molecule has 0 bridgehead atoms. The van der Waals surface area contributed by atoms with Gasteiger partial charge in [-0.05, 0) is 29.8 Å². The fraction of sp³-hybridized carbons (Fsp3) is 0.143. The molecule has 0 aliphatic heterocycles. The minimum absolute atomic E-state index is 0.651. The van der Waals surface area contributed by atoms with Gasteiger partial charge < -0.3 is 10.2 Å². The van der Waals surface area contributed by atoms with Gasteiger partial charge in [0.15, 0.2) is 0 Å². The van der Waals surface area contributed by atoms with Crippen molar-refractivity contribution < 1.29 is 4.42 Å². The van der Waals surface area contributed by atoms with Gasteiger partial charge in [0, 0.05) is 10.9 Å². The lowest BCUT2D eigenvalue weighted by Gasteiger charge is -2.00. The summed E-state index contributed by atoms with van der Waals surface area (Å²) in [5, 5.41) is 3.70. The van der Waals surface area contributed by atoms with Crippen molar-refractivity contribution in [2.24, 2.45) is 5.73 Å². The Morgan fingerprint density at radius 2 is 1.94 bits per heavy atom. The van der Waals surface area contributed by atoms with E-state index in [4.69, 9.17) is 10.2 Å². The van der Waals surface area contributed by atoms with Crippen molar-refractivity contribution in [3.63, 3.8) is 0 Å². The lowest BCUT2D eigenvalue weighted by molar-refractivity contribution is 0.610. The van der Waals surface area contributed by atoms with E-state index in [-0.39, 0.29) is 0 Å².